The number of rotatable bonds is 8. The lowest BCUT2D eigenvalue weighted by molar-refractivity contribution is -0.115. The Labute approximate surface area is 185 Å². The number of benzene rings is 1. The predicted octanol–water partition coefficient (Wildman–Crippen LogP) is 3.03. The number of ether oxygens (including phenoxy) is 1. The van der Waals surface area contributed by atoms with Crippen LogP contribution in [0.2, 0.25) is 0 Å². The van der Waals surface area contributed by atoms with Crippen LogP contribution in [0.1, 0.15) is 23.5 Å². The van der Waals surface area contributed by atoms with Crippen molar-refractivity contribution in [2.45, 2.75) is 30.1 Å². The number of aromatic nitrogens is 2. The van der Waals surface area contributed by atoms with Crippen molar-refractivity contribution in [3.8, 4) is 5.75 Å². The Morgan fingerprint density at radius 3 is 2.58 bits per heavy atom. The van der Waals surface area contributed by atoms with Crippen LogP contribution in [0.15, 0.2) is 53.0 Å². The molecule has 4 rings (SSSR count). The monoisotopic (exact) mass is 460 g/mol. The normalized spacial score (nSPS) is 14.6. The largest absolute Gasteiger partial charge is 0.486 e. The van der Waals surface area contributed by atoms with E-state index in [1.165, 1.54) is 4.31 Å². The predicted molar refractivity (Wildman–Crippen MR) is 119 cm³/mol. The fourth-order valence-electron chi connectivity index (χ4n) is 3.33. The molecule has 1 aromatic carbocycles. The van der Waals surface area contributed by atoms with Crippen molar-refractivity contribution in [2.75, 3.05) is 18.4 Å². The highest BCUT2D eigenvalue weighted by Gasteiger charge is 2.28. The molecule has 1 saturated heterocycles. The summed E-state index contributed by atoms with van der Waals surface area (Å²) in [5, 5.41) is 2.84. The molecule has 0 aliphatic carbocycles. The second kappa shape index (κ2) is 9.21. The molecule has 1 N–H and O–H groups in total. The third-order valence-corrected chi connectivity index (χ3v) is 8.51. The first-order valence-electron chi connectivity index (χ1n) is 9.99. The van der Waals surface area contributed by atoms with E-state index >= 15 is 0 Å². The van der Waals surface area contributed by atoms with Crippen molar-refractivity contribution in [3.63, 3.8) is 0 Å². The fraction of sp³-hybridized carbons (Fsp3) is 0.333. The van der Waals surface area contributed by atoms with Gasteiger partial charge in [0, 0.05) is 43.1 Å². The number of anilines is 1. The van der Waals surface area contributed by atoms with E-state index in [9.17, 15) is 13.2 Å². The highest BCUT2D eigenvalue weighted by Crippen LogP contribution is 2.28. The third-order valence-electron chi connectivity index (χ3n) is 5.06. The van der Waals surface area contributed by atoms with Gasteiger partial charge in [-0.1, -0.05) is 0 Å². The minimum atomic E-state index is -3.44. The SMILES string of the molecule is Cn1ccnc1COc1ccc(NC(=O)Cc2ccc(S(=O)(=O)N3CCCC3)s2)cc1. The number of carbonyl (C=O) groups excluding carboxylic acids is 1. The van der Waals surface area contributed by atoms with Gasteiger partial charge >= 0.3 is 0 Å². The summed E-state index contributed by atoms with van der Waals surface area (Å²) in [4.78, 5) is 17.3. The fourth-order valence-corrected chi connectivity index (χ4v) is 6.35. The van der Waals surface area contributed by atoms with Crippen molar-refractivity contribution < 1.29 is 17.9 Å². The molecule has 3 heterocycles. The zero-order valence-corrected chi connectivity index (χ0v) is 18.8. The summed E-state index contributed by atoms with van der Waals surface area (Å²) in [5.41, 5.74) is 0.649. The summed E-state index contributed by atoms with van der Waals surface area (Å²) in [6.45, 7) is 1.49. The van der Waals surface area contributed by atoms with Gasteiger partial charge in [-0.25, -0.2) is 13.4 Å². The highest BCUT2D eigenvalue weighted by atomic mass is 32.2. The number of hydrogen-bond acceptors (Lipinski definition) is 6. The van der Waals surface area contributed by atoms with E-state index in [0.717, 1.165) is 30.0 Å². The van der Waals surface area contributed by atoms with E-state index in [2.05, 4.69) is 10.3 Å². The summed E-state index contributed by atoms with van der Waals surface area (Å²) >= 11 is 1.16. The van der Waals surface area contributed by atoms with Crippen LogP contribution in [0.5, 0.6) is 5.75 Å². The molecule has 3 aromatic rings. The van der Waals surface area contributed by atoms with Crippen LogP contribution < -0.4 is 10.1 Å². The van der Waals surface area contributed by atoms with Crippen LogP contribution in [0.4, 0.5) is 5.69 Å². The summed E-state index contributed by atoms with van der Waals surface area (Å²) < 4.78 is 34.7. The molecule has 0 spiro atoms. The molecule has 0 radical (unpaired) electrons. The summed E-state index contributed by atoms with van der Waals surface area (Å²) in [5.74, 6) is 1.30. The van der Waals surface area contributed by atoms with Crippen LogP contribution in [-0.4, -0.2) is 41.3 Å². The number of nitrogens with zero attached hydrogens (tertiary/aromatic N) is 3. The minimum Gasteiger partial charge on any atom is -0.486 e. The molecule has 2 aromatic heterocycles. The van der Waals surface area contributed by atoms with Gasteiger partial charge in [-0.3, -0.25) is 4.79 Å². The molecule has 1 aliphatic heterocycles. The zero-order valence-electron chi connectivity index (χ0n) is 17.2. The van der Waals surface area contributed by atoms with Gasteiger partial charge in [0.05, 0.1) is 6.42 Å². The van der Waals surface area contributed by atoms with Crippen molar-refractivity contribution >= 4 is 33.0 Å². The topological polar surface area (TPSA) is 93.5 Å². The lowest BCUT2D eigenvalue weighted by atomic mass is 10.2. The minimum absolute atomic E-state index is 0.123. The average Bonchev–Trinajstić information content (AvgIpc) is 3.50. The van der Waals surface area contributed by atoms with Crippen LogP contribution in [-0.2, 0) is 34.9 Å². The van der Waals surface area contributed by atoms with Gasteiger partial charge in [0.15, 0.2) is 0 Å². The molecule has 0 bridgehead atoms. The Hall–Kier alpha value is -2.69. The zero-order chi connectivity index (χ0) is 21.8. The smallest absolute Gasteiger partial charge is 0.252 e. The van der Waals surface area contributed by atoms with Gasteiger partial charge in [0.25, 0.3) is 10.0 Å². The van der Waals surface area contributed by atoms with E-state index in [1.54, 1.807) is 42.6 Å². The maximum atomic E-state index is 12.6. The molecule has 1 amide bonds. The second-order valence-corrected chi connectivity index (χ2v) is 10.7. The molecule has 0 atom stereocenters. The molecule has 1 fully saturated rings. The van der Waals surface area contributed by atoms with E-state index in [1.807, 2.05) is 17.8 Å². The number of amides is 1. The lowest BCUT2D eigenvalue weighted by Gasteiger charge is -2.13. The molecular formula is C21H24N4O4S2. The summed E-state index contributed by atoms with van der Waals surface area (Å²) in [6, 6.07) is 10.4. The van der Waals surface area contributed by atoms with Gasteiger partial charge in [-0.15, -0.1) is 11.3 Å². The molecule has 0 saturated carbocycles. The summed E-state index contributed by atoms with van der Waals surface area (Å²) in [6.07, 6.45) is 5.49. The van der Waals surface area contributed by atoms with Gasteiger partial charge in [-0.2, -0.15) is 4.31 Å². The highest BCUT2D eigenvalue weighted by molar-refractivity contribution is 7.91. The Morgan fingerprint density at radius 1 is 1.16 bits per heavy atom. The lowest BCUT2D eigenvalue weighted by Crippen LogP contribution is -2.27. The number of aryl methyl sites for hydroxylation is 1. The van der Waals surface area contributed by atoms with Crippen molar-refractivity contribution in [2.24, 2.45) is 7.05 Å². The molecule has 31 heavy (non-hydrogen) atoms. The van der Waals surface area contributed by atoms with Crippen LogP contribution in [0.25, 0.3) is 0 Å². The average molecular weight is 461 g/mol. The van der Waals surface area contributed by atoms with Gasteiger partial charge in [0.1, 0.15) is 22.4 Å². The van der Waals surface area contributed by atoms with Gasteiger partial charge in [0.2, 0.25) is 5.91 Å². The molecule has 10 heteroatoms. The molecule has 8 nitrogen and oxygen atoms in total. The molecule has 1 aliphatic rings. The van der Waals surface area contributed by atoms with Crippen molar-refractivity contribution in [3.05, 3.63) is 59.5 Å². The van der Waals surface area contributed by atoms with Crippen LogP contribution >= 0.6 is 11.3 Å². The standard InChI is InChI=1S/C21H24N4O4S2/c1-24-13-10-22-19(24)15-29-17-6-4-16(5-7-17)23-20(26)14-18-8-9-21(30-18)31(27,28)25-11-2-3-12-25/h4-10,13H,2-3,11-12,14-15H2,1H3,(H,23,26). The van der Waals surface area contributed by atoms with E-state index in [0.29, 0.717) is 40.2 Å². The van der Waals surface area contributed by atoms with Gasteiger partial charge in [-0.05, 0) is 49.2 Å². The van der Waals surface area contributed by atoms with E-state index < -0.39 is 10.0 Å². The van der Waals surface area contributed by atoms with Crippen molar-refractivity contribution in [1.82, 2.24) is 13.9 Å². The van der Waals surface area contributed by atoms with Crippen LogP contribution in [0, 0.1) is 0 Å². The number of thiophene rings is 1. The van der Waals surface area contributed by atoms with E-state index in [4.69, 9.17) is 4.74 Å². The van der Waals surface area contributed by atoms with Crippen molar-refractivity contribution in [1.29, 1.82) is 0 Å². The quantitative estimate of drug-likeness (QED) is 0.558. The van der Waals surface area contributed by atoms with Crippen LogP contribution in [0.3, 0.4) is 0 Å². The molecular weight excluding hydrogens is 436 g/mol. The first-order valence-corrected chi connectivity index (χ1v) is 12.3. The molecule has 164 valence electrons. The number of hydrogen-bond donors (Lipinski definition) is 1. The van der Waals surface area contributed by atoms with Gasteiger partial charge < -0.3 is 14.6 Å². The second-order valence-electron chi connectivity index (χ2n) is 7.32. The Bertz CT molecular complexity index is 1150. The van der Waals surface area contributed by atoms with E-state index in [-0.39, 0.29) is 12.3 Å². The first-order chi connectivity index (χ1) is 14.9. The summed E-state index contributed by atoms with van der Waals surface area (Å²) in [7, 11) is -1.54. The maximum Gasteiger partial charge on any atom is 0.252 e. The number of nitrogens with one attached hydrogen (secondary N) is 1. The molecule has 0 unspecified atom stereocenters. The Balaban J connectivity index is 1.31. The first kappa shape index (κ1) is 21.5. The number of carbonyl (C=O) groups is 1. The Kier molecular flexibility index (Phi) is 6.40. The number of imidazole rings is 1. The number of sulfonamides is 1. The Morgan fingerprint density at radius 2 is 1.90 bits per heavy atom. The maximum absolute atomic E-state index is 12.6. The third kappa shape index (κ3) is 5.15.